The molecule has 0 aliphatic carbocycles. The Kier molecular flexibility index (Phi) is 4.22. The molecule has 0 aliphatic rings. The van der Waals surface area contributed by atoms with Gasteiger partial charge in [-0.1, -0.05) is 0 Å². The van der Waals surface area contributed by atoms with E-state index in [-0.39, 0.29) is 11.9 Å². The number of H-pyrrole nitrogens is 1. The van der Waals surface area contributed by atoms with E-state index in [4.69, 9.17) is 0 Å². The van der Waals surface area contributed by atoms with E-state index >= 15 is 0 Å². The molecule has 0 aliphatic heterocycles. The quantitative estimate of drug-likeness (QED) is 0.869. The van der Waals surface area contributed by atoms with E-state index in [1.54, 1.807) is 12.4 Å². The number of carbonyl (C=O) groups is 1. The van der Waals surface area contributed by atoms with Crippen molar-refractivity contribution in [3.8, 4) is 0 Å². The number of aromatic nitrogens is 4. The lowest BCUT2D eigenvalue weighted by Crippen LogP contribution is -2.27. The Morgan fingerprint density at radius 1 is 1.50 bits per heavy atom. The van der Waals surface area contributed by atoms with Crippen LogP contribution in [0.1, 0.15) is 42.2 Å². The van der Waals surface area contributed by atoms with Gasteiger partial charge in [-0.15, -0.1) is 0 Å². The molecule has 0 spiro atoms. The molecule has 2 N–H and O–H groups in total. The highest BCUT2D eigenvalue weighted by molar-refractivity contribution is 5.76. The second-order valence-electron chi connectivity index (χ2n) is 5.04. The molecule has 0 radical (unpaired) electrons. The molecule has 6 heteroatoms. The molecule has 0 saturated carbocycles. The zero-order valence-corrected chi connectivity index (χ0v) is 12.4. The van der Waals surface area contributed by atoms with Crippen molar-refractivity contribution in [3.63, 3.8) is 0 Å². The third-order valence-corrected chi connectivity index (χ3v) is 3.57. The molecule has 0 saturated heterocycles. The van der Waals surface area contributed by atoms with E-state index in [0.29, 0.717) is 12.8 Å². The third kappa shape index (κ3) is 3.07. The molecular weight excluding hydrogens is 254 g/mol. The van der Waals surface area contributed by atoms with E-state index < -0.39 is 0 Å². The fraction of sp³-hybridized carbons (Fsp3) is 0.500. The number of rotatable bonds is 5. The first-order chi connectivity index (χ1) is 9.49. The lowest BCUT2D eigenvalue weighted by Gasteiger charge is -2.11. The maximum Gasteiger partial charge on any atom is 0.220 e. The Balaban J connectivity index is 1.89. The van der Waals surface area contributed by atoms with Gasteiger partial charge in [0.1, 0.15) is 5.82 Å². The predicted molar refractivity (Wildman–Crippen MR) is 76.1 cm³/mol. The summed E-state index contributed by atoms with van der Waals surface area (Å²) in [6, 6.07) is -0.103. The van der Waals surface area contributed by atoms with Crippen molar-refractivity contribution in [2.45, 2.75) is 39.7 Å². The van der Waals surface area contributed by atoms with Crippen molar-refractivity contribution in [2.75, 3.05) is 0 Å². The van der Waals surface area contributed by atoms with Crippen molar-refractivity contribution in [2.24, 2.45) is 7.05 Å². The van der Waals surface area contributed by atoms with Crippen molar-refractivity contribution in [1.82, 2.24) is 25.1 Å². The second-order valence-corrected chi connectivity index (χ2v) is 5.04. The van der Waals surface area contributed by atoms with Gasteiger partial charge < -0.3 is 10.3 Å². The van der Waals surface area contributed by atoms with Crippen LogP contribution in [0.3, 0.4) is 0 Å². The Hall–Kier alpha value is -2.11. The summed E-state index contributed by atoms with van der Waals surface area (Å²) in [5.41, 5.74) is 3.28. The van der Waals surface area contributed by atoms with Crippen LogP contribution in [-0.2, 0) is 18.3 Å². The van der Waals surface area contributed by atoms with Crippen LogP contribution in [0.2, 0.25) is 0 Å². The summed E-state index contributed by atoms with van der Waals surface area (Å²) in [4.78, 5) is 19.1. The normalized spacial score (nSPS) is 12.4. The number of aryl methyl sites for hydroxylation is 2. The van der Waals surface area contributed by atoms with Gasteiger partial charge in [0.25, 0.3) is 0 Å². The van der Waals surface area contributed by atoms with Crippen molar-refractivity contribution >= 4 is 5.91 Å². The Labute approximate surface area is 118 Å². The summed E-state index contributed by atoms with van der Waals surface area (Å²) in [6.07, 6.45) is 4.60. The van der Waals surface area contributed by atoms with Crippen molar-refractivity contribution in [1.29, 1.82) is 0 Å². The number of hydrogen-bond donors (Lipinski definition) is 2. The standard InChI is InChI=1S/C14H21N5O/c1-9-12(11(3)19(4)18-9)5-6-13(20)17-10(2)14-15-7-8-16-14/h7-8,10H,5-6H2,1-4H3,(H,15,16)(H,17,20). The average molecular weight is 275 g/mol. The topological polar surface area (TPSA) is 75.6 Å². The zero-order chi connectivity index (χ0) is 14.7. The van der Waals surface area contributed by atoms with Crippen LogP contribution in [0.15, 0.2) is 12.4 Å². The molecule has 20 heavy (non-hydrogen) atoms. The van der Waals surface area contributed by atoms with Gasteiger partial charge in [0, 0.05) is 31.6 Å². The summed E-state index contributed by atoms with van der Waals surface area (Å²) >= 11 is 0. The summed E-state index contributed by atoms with van der Waals surface area (Å²) in [6.45, 7) is 5.92. The van der Waals surface area contributed by atoms with Crippen LogP contribution in [-0.4, -0.2) is 25.7 Å². The first-order valence-corrected chi connectivity index (χ1v) is 6.76. The van der Waals surface area contributed by atoms with Gasteiger partial charge in [-0.25, -0.2) is 4.98 Å². The molecule has 1 atom stereocenters. The van der Waals surface area contributed by atoms with Gasteiger partial charge in [-0.05, 0) is 32.8 Å². The Morgan fingerprint density at radius 3 is 2.80 bits per heavy atom. The minimum atomic E-state index is -0.103. The van der Waals surface area contributed by atoms with Crippen molar-refractivity contribution < 1.29 is 4.79 Å². The van der Waals surface area contributed by atoms with Crippen LogP contribution in [0, 0.1) is 13.8 Å². The Bertz CT molecular complexity index is 585. The highest BCUT2D eigenvalue weighted by Crippen LogP contribution is 2.14. The minimum Gasteiger partial charge on any atom is -0.347 e. The number of nitrogens with one attached hydrogen (secondary N) is 2. The number of nitrogens with zero attached hydrogens (tertiary/aromatic N) is 3. The van der Waals surface area contributed by atoms with Gasteiger partial charge in [0.15, 0.2) is 0 Å². The number of carbonyl (C=O) groups excluding carboxylic acids is 1. The smallest absolute Gasteiger partial charge is 0.220 e. The van der Waals surface area contributed by atoms with E-state index in [1.807, 2.05) is 32.5 Å². The lowest BCUT2D eigenvalue weighted by atomic mass is 10.1. The first-order valence-electron chi connectivity index (χ1n) is 6.76. The summed E-state index contributed by atoms with van der Waals surface area (Å²) in [7, 11) is 1.92. The zero-order valence-electron chi connectivity index (χ0n) is 12.4. The van der Waals surface area contributed by atoms with E-state index in [2.05, 4.69) is 20.4 Å². The number of amides is 1. The van der Waals surface area contributed by atoms with Gasteiger partial charge in [0.2, 0.25) is 5.91 Å². The van der Waals surface area contributed by atoms with Gasteiger partial charge >= 0.3 is 0 Å². The van der Waals surface area contributed by atoms with E-state index in [0.717, 1.165) is 22.8 Å². The third-order valence-electron chi connectivity index (χ3n) is 3.57. The summed E-state index contributed by atoms with van der Waals surface area (Å²) in [5.74, 6) is 0.795. The number of hydrogen-bond acceptors (Lipinski definition) is 3. The first kappa shape index (κ1) is 14.3. The molecule has 0 aromatic carbocycles. The largest absolute Gasteiger partial charge is 0.347 e. The molecule has 2 aromatic heterocycles. The maximum atomic E-state index is 12.0. The molecule has 1 unspecified atom stereocenters. The molecule has 2 rings (SSSR count). The molecule has 0 fully saturated rings. The van der Waals surface area contributed by atoms with Crippen LogP contribution < -0.4 is 5.32 Å². The SMILES string of the molecule is Cc1nn(C)c(C)c1CCC(=O)NC(C)c1ncc[nH]1. The molecule has 6 nitrogen and oxygen atoms in total. The van der Waals surface area contributed by atoms with Crippen LogP contribution in [0.4, 0.5) is 0 Å². The molecule has 0 bridgehead atoms. The van der Waals surface area contributed by atoms with Crippen LogP contribution >= 0.6 is 0 Å². The van der Waals surface area contributed by atoms with Crippen LogP contribution in [0.25, 0.3) is 0 Å². The number of aromatic amines is 1. The second kappa shape index (κ2) is 5.90. The molecule has 108 valence electrons. The molecule has 1 amide bonds. The van der Waals surface area contributed by atoms with E-state index in [9.17, 15) is 4.79 Å². The molecule has 2 aromatic rings. The summed E-state index contributed by atoms with van der Waals surface area (Å²) in [5, 5.41) is 7.30. The number of imidazole rings is 1. The highest BCUT2D eigenvalue weighted by Gasteiger charge is 2.14. The van der Waals surface area contributed by atoms with Crippen molar-refractivity contribution in [3.05, 3.63) is 35.2 Å². The monoisotopic (exact) mass is 275 g/mol. The molecule has 2 heterocycles. The lowest BCUT2D eigenvalue weighted by molar-refractivity contribution is -0.121. The van der Waals surface area contributed by atoms with Gasteiger partial charge in [-0.3, -0.25) is 9.48 Å². The van der Waals surface area contributed by atoms with Gasteiger partial charge in [0.05, 0.1) is 11.7 Å². The average Bonchev–Trinajstić information content (AvgIpc) is 2.98. The fourth-order valence-corrected chi connectivity index (χ4v) is 2.31. The maximum absolute atomic E-state index is 12.0. The van der Waals surface area contributed by atoms with Crippen LogP contribution in [0.5, 0.6) is 0 Å². The van der Waals surface area contributed by atoms with E-state index in [1.165, 1.54) is 0 Å². The van der Waals surface area contributed by atoms with Gasteiger partial charge in [-0.2, -0.15) is 5.10 Å². The highest BCUT2D eigenvalue weighted by atomic mass is 16.1. The molecular formula is C14H21N5O. The Morgan fingerprint density at radius 2 is 2.25 bits per heavy atom. The predicted octanol–water partition coefficient (Wildman–Crippen LogP) is 1.57. The minimum absolute atomic E-state index is 0.0246. The fourth-order valence-electron chi connectivity index (χ4n) is 2.31. The summed E-state index contributed by atoms with van der Waals surface area (Å²) < 4.78 is 1.86.